The summed E-state index contributed by atoms with van der Waals surface area (Å²) in [6, 6.07) is 14.4. The van der Waals surface area contributed by atoms with Crippen molar-refractivity contribution in [2.45, 2.75) is 18.4 Å². The lowest BCUT2D eigenvalue weighted by atomic mass is 9.77. The molecule has 0 radical (unpaired) electrons. The number of ether oxygens (including phenoxy) is 1. The molecule has 3 nitrogen and oxygen atoms in total. The predicted octanol–water partition coefficient (Wildman–Crippen LogP) is 5.06. The van der Waals surface area contributed by atoms with E-state index in [1.807, 2.05) is 24.3 Å². The number of rotatable bonds is 2. The maximum Gasteiger partial charge on any atom is 0.337 e. The maximum absolute atomic E-state index is 11.6. The van der Waals surface area contributed by atoms with Crippen LogP contribution >= 0.6 is 15.9 Å². The van der Waals surface area contributed by atoms with E-state index in [-0.39, 0.29) is 12.0 Å². The molecule has 24 heavy (non-hydrogen) atoms. The van der Waals surface area contributed by atoms with Gasteiger partial charge in [0, 0.05) is 16.1 Å². The second-order valence-electron chi connectivity index (χ2n) is 6.32. The number of methoxy groups -OCH3 is 1. The second-order valence-corrected chi connectivity index (χ2v) is 7.24. The summed E-state index contributed by atoms with van der Waals surface area (Å²) in [7, 11) is 1.41. The smallest absolute Gasteiger partial charge is 0.337 e. The van der Waals surface area contributed by atoms with Crippen LogP contribution in [0.2, 0.25) is 0 Å². The SMILES string of the molecule is COC(=O)c1ccc([C@H]2Nc3ccc(Br)cc3[C@@H]3C=CC[C@H]23)cc1. The van der Waals surface area contributed by atoms with Crippen molar-refractivity contribution in [2.75, 3.05) is 12.4 Å². The van der Waals surface area contributed by atoms with Gasteiger partial charge in [0.2, 0.25) is 0 Å². The van der Waals surface area contributed by atoms with Gasteiger partial charge in [-0.15, -0.1) is 0 Å². The highest BCUT2D eigenvalue weighted by Gasteiger charge is 2.37. The van der Waals surface area contributed by atoms with Gasteiger partial charge in [0.15, 0.2) is 0 Å². The van der Waals surface area contributed by atoms with Crippen LogP contribution in [0.3, 0.4) is 0 Å². The molecule has 4 heteroatoms. The average molecular weight is 384 g/mol. The molecule has 1 aliphatic heterocycles. The Morgan fingerprint density at radius 1 is 1.21 bits per heavy atom. The van der Waals surface area contributed by atoms with Gasteiger partial charge in [0.1, 0.15) is 0 Å². The molecule has 1 heterocycles. The molecule has 2 aromatic carbocycles. The molecular weight excluding hydrogens is 366 g/mol. The topological polar surface area (TPSA) is 38.3 Å². The zero-order valence-electron chi connectivity index (χ0n) is 13.3. The summed E-state index contributed by atoms with van der Waals surface area (Å²) in [5.74, 6) is 0.633. The largest absolute Gasteiger partial charge is 0.465 e. The highest BCUT2D eigenvalue weighted by atomic mass is 79.9. The first-order chi connectivity index (χ1) is 11.7. The number of allylic oxidation sites excluding steroid dienone is 2. The van der Waals surface area contributed by atoms with Gasteiger partial charge < -0.3 is 10.1 Å². The molecule has 2 aromatic rings. The Hall–Kier alpha value is -2.07. The van der Waals surface area contributed by atoms with Crippen LogP contribution in [0.25, 0.3) is 0 Å². The fourth-order valence-corrected chi connectivity index (χ4v) is 4.22. The predicted molar refractivity (Wildman–Crippen MR) is 98.3 cm³/mol. The zero-order chi connectivity index (χ0) is 16.7. The molecule has 0 unspecified atom stereocenters. The number of carbonyl (C=O) groups is 1. The minimum Gasteiger partial charge on any atom is -0.465 e. The molecule has 3 atom stereocenters. The Bertz CT molecular complexity index is 813. The van der Waals surface area contributed by atoms with Crippen molar-refractivity contribution in [2.24, 2.45) is 5.92 Å². The monoisotopic (exact) mass is 383 g/mol. The van der Waals surface area contributed by atoms with Crippen molar-refractivity contribution in [3.63, 3.8) is 0 Å². The van der Waals surface area contributed by atoms with E-state index < -0.39 is 0 Å². The Morgan fingerprint density at radius 2 is 2.00 bits per heavy atom. The molecule has 0 saturated carbocycles. The van der Waals surface area contributed by atoms with Crippen molar-refractivity contribution in [1.82, 2.24) is 0 Å². The lowest BCUT2D eigenvalue weighted by molar-refractivity contribution is 0.0600. The molecule has 1 aliphatic carbocycles. The maximum atomic E-state index is 11.6. The Morgan fingerprint density at radius 3 is 2.75 bits per heavy atom. The molecule has 0 amide bonds. The third kappa shape index (κ3) is 2.55. The number of carbonyl (C=O) groups excluding carboxylic acids is 1. The lowest BCUT2D eigenvalue weighted by Gasteiger charge is -2.37. The van der Waals surface area contributed by atoms with Crippen LogP contribution in [0.1, 0.15) is 39.9 Å². The molecule has 122 valence electrons. The Labute approximate surface area is 149 Å². The summed E-state index contributed by atoms with van der Waals surface area (Å²) >= 11 is 3.58. The summed E-state index contributed by atoms with van der Waals surface area (Å²) in [6.07, 6.45) is 5.67. The van der Waals surface area contributed by atoms with E-state index in [0.29, 0.717) is 17.4 Å². The first-order valence-corrected chi connectivity index (χ1v) is 8.87. The van der Waals surface area contributed by atoms with E-state index >= 15 is 0 Å². The van der Waals surface area contributed by atoms with Crippen LogP contribution < -0.4 is 5.32 Å². The quantitative estimate of drug-likeness (QED) is 0.581. The normalized spacial score (nSPS) is 24.0. The van der Waals surface area contributed by atoms with Gasteiger partial charge in [-0.25, -0.2) is 4.79 Å². The summed E-state index contributed by atoms with van der Waals surface area (Å²) in [4.78, 5) is 11.6. The van der Waals surface area contributed by atoms with Crippen molar-refractivity contribution < 1.29 is 9.53 Å². The minimum atomic E-state index is -0.297. The molecular formula is C20H18BrNO2. The number of halogens is 1. The van der Waals surface area contributed by atoms with Crippen molar-refractivity contribution in [3.05, 3.63) is 75.8 Å². The van der Waals surface area contributed by atoms with E-state index in [9.17, 15) is 4.79 Å². The molecule has 0 saturated heterocycles. The summed E-state index contributed by atoms with van der Waals surface area (Å²) in [5, 5.41) is 3.70. The van der Waals surface area contributed by atoms with Crippen LogP contribution in [0.4, 0.5) is 5.69 Å². The number of anilines is 1. The minimum absolute atomic E-state index is 0.241. The van der Waals surface area contributed by atoms with Gasteiger partial charge in [0.05, 0.1) is 18.7 Å². The molecule has 0 aromatic heterocycles. The fraction of sp³-hybridized carbons (Fsp3) is 0.250. The van der Waals surface area contributed by atoms with Gasteiger partial charge in [-0.05, 0) is 53.8 Å². The fourth-order valence-electron chi connectivity index (χ4n) is 3.84. The molecule has 1 N–H and O–H groups in total. The number of benzene rings is 2. The van der Waals surface area contributed by atoms with Crippen molar-refractivity contribution >= 4 is 27.6 Å². The van der Waals surface area contributed by atoms with Gasteiger partial charge in [-0.1, -0.05) is 40.2 Å². The Kier molecular flexibility index (Phi) is 3.93. The van der Waals surface area contributed by atoms with E-state index in [1.165, 1.54) is 23.9 Å². The van der Waals surface area contributed by atoms with E-state index in [4.69, 9.17) is 4.74 Å². The number of hydrogen-bond donors (Lipinski definition) is 1. The average Bonchev–Trinajstić information content (AvgIpc) is 3.11. The van der Waals surface area contributed by atoms with Gasteiger partial charge >= 0.3 is 5.97 Å². The van der Waals surface area contributed by atoms with Crippen LogP contribution in [-0.4, -0.2) is 13.1 Å². The first kappa shape index (κ1) is 15.5. The van der Waals surface area contributed by atoms with E-state index in [1.54, 1.807) is 0 Å². The number of esters is 1. The molecule has 0 bridgehead atoms. The summed E-state index contributed by atoms with van der Waals surface area (Å²) in [5.41, 5.74) is 4.33. The standard InChI is InChI=1S/C20H18BrNO2/c1-24-20(23)13-7-5-12(6-8-13)19-16-4-2-3-15(16)17-11-14(21)9-10-18(17)22-19/h2-3,5-11,15-16,19,22H,4H2,1H3/t15-,16+,19-/m1/s1. The number of hydrogen-bond acceptors (Lipinski definition) is 3. The third-order valence-corrected chi connectivity index (χ3v) is 5.51. The second kappa shape index (κ2) is 6.10. The van der Waals surface area contributed by atoms with Gasteiger partial charge in [-0.2, -0.15) is 0 Å². The molecule has 0 fully saturated rings. The van der Waals surface area contributed by atoms with E-state index in [2.05, 4.69) is 51.6 Å². The number of nitrogens with one attached hydrogen (secondary N) is 1. The highest BCUT2D eigenvalue weighted by molar-refractivity contribution is 9.10. The third-order valence-electron chi connectivity index (χ3n) is 5.02. The Balaban J connectivity index is 1.69. The van der Waals surface area contributed by atoms with Crippen LogP contribution in [0.15, 0.2) is 59.1 Å². The van der Waals surface area contributed by atoms with Crippen LogP contribution in [0, 0.1) is 5.92 Å². The zero-order valence-corrected chi connectivity index (χ0v) is 14.9. The number of fused-ring (bicyclic) bond motifs is 3. The summed E-state index contributed by atoms with van der Waals surface area (Å²) < 4.78 is 5.89. The van der Waals surface area contributed by atoms with Crippen LogP contribution in [-0.2, 0) is 4.74 Å². The van der Waals surface area contributed by atoms with Crippen molar-refractivity contribution in [1.29, 1.82) is 0 Å². The highest BCUT2D eigenvalue weighted by Crippen LogP contribution is 2.50. The van der Waals surface area contributed by atoms with Crippen molar-refractivity contribution in [3.8, 4) is 0 Å². The summed E-state index contributed by atoms with van der Waals surface area (Å²) in [6.45, 7) is 0. The first-order valence-electron chi connectivity index (χ1n) is 8.08. The van der Waals surface area contributed by atoms with Gasteiger partial charge in [-0.3, -0.25) is 0 Å². The lowest BCUT2D eigenvalue weighted by Crippen LogP contribution is -2.29. The molecule has 0 spiro atoms. The molecule has 2 aliphatic rings. The van der Waals surface area contributed by atoms with Gasteiger partial charge in [0.25, 0.3) is 0 Å². The van der Waals surface area contributed by atoms with E-state index in [0.717, 1.165) is 10.9 Å². The molecule has 4 rings (SSSR count). The van der Waals surface area contributed by atoms with Crippen LogP contribution in [0.5, 0.6) is 0 Å².